The van der Waals surface area contributed by atoms with E-state index in [1.165, 1.54) is 0 Å². The molecule has 0 spiro atoms. The lowest BCUT2D eigenvalue weighted by atomic mass is 10.2. The molecular formula is C10H14N4. The van der Waals surface area contributed by atoms with Crippen LogP contribution in [-0.4, -0.2) is 19.7 Å². The molecule has 4 heteroatoms. The molecule has 0 saturated heterocycles. The van der Waals surface area contributed by atoms with Crippen molar-refractivity contribution in [2.75, 3.05) is 0 Å². The van der Waals surface area contributed by atoms with Crippen LogP contribution in [0.5, 0.6) is 0 Å². The first kappa shape index (κ1) is 9.12. The van der Waals surface area contributed by atoms with Crippen molar-refractivity contribution in [2.45, 2.75) is 26.7 Å². The smallest absolute Gasteiger partial charge is 0.161 e. The van der Waals surface area contributed by atoms with Crippen LogP contribution in [0.25, 0.3) is 11.0 Å². The summed E-state index contributed by atoms with van der Waals surface area (Å²) in [5.74, 6) is 1.23. The van der Waals surface area contributed by atoms with Gasteiger partial charge in [0.2, 0.25) is 0 Å². The Labute approximate surface area is 83.0 Å². The second-order valence-electron chi connectivity index (χ2n) is 3.83. The van der Waals surface area contributed by atoms with Gasteiger partial charge in [0, 0.05) is 19.2 Å². The van der Waals surface area contributed by atoms with Gasteiger partial charge in [0.1, 0.15) is 5.82 Å². The average molecular weight is 190 g/mol. The van der Waals surface area contributed by atoms with Crippen molar-refractivity contribution in [1.29, 1.82) is 0 Å². The Morgan fingerprint density at radius 2 is 2.07 bits per heavy atom. The summed E-state index contributed by atoms with van der Waals surface area (Å²) in [5.41, 5.74) is 1.90. The van der Waals surface area contributed by atoms with Gasteiger partial charge in [-0.3, -0.25) is 4.68 Å². The lowest BCUT2D eigenvalue weighted by molar-refractivity contribution is 0.747. The van der Waals surface area contributed by atoms with Crippen LogP contribution in [0.15, 0.2) is 6.20 Å². The minimum Gasteiger partial charge on any atom is -0.250 e. The molecule has 0 aliphatic carbocycles. The molecule has 14 heavy (non-hydrogen) atoms. The summed E-state index contributed by atoms with van der Waals surface area (Å²) in [6.07, 6.45) is 1.86. The summed E-state index contributed by atoms with van der Waals surface area (Å²) in [6.45, 7) is 6.15. The molecule has 0 atom stereocenters. The SMILES string of the molecule is Cc1nn(C)c2nc(C(C)C)ncc12. The Morgan fingerprint density at radius 3 is 2.71 bits per heavy atom. The van der Waals surface area contributed by atoms with Gasteiger partial charge in [-0.1, -0.05) is 13.8 Å². The normalized spacial score (nSPS) is 11.5. The fourth-order valence-electron chi connectivity index (χ4n) is 1.49. The maximum atomic E-state index is 4.48. The molecule has 0 aliphatic rings. The molecule has 2 rings (SSSR count). The molecule has 74 valence electrons. The first-order valence-corrected chi connectivity index (χ1v) is 4.76. The zero-order valence-corrected chi connectivity index (χ0v) is 8.94. The molecule has 0 saturated carbocycles. The van der Waals surface area contributed by atoms with Crippen LogP contribution in [0.2, 0.25) is 0 Å². The van der Waals surface area contributed by atoms with Crippen molar-refractivity contribution in [2.24, 2.45) is 7.05 Å². The van der Waals surface area contributed by atoms with E-state index in [0.717, 1.165) is 22.6 Å². The summed E-state index contributed by atoms with van der Waals surface area (Å²) >= 11 is 0. The number of rotatable bonds is 1. The molecule has 0 unspecified atom stereocenters. The zero-order chi connectivity index (χ0) is 10.3. The highest BCUT2D eigenvalue weighted by Crippen LogP contribution is 2.16. The van der Waals surface area contributed by atoms with Crippen LogP contribution < -0.4 is 0 Å². The van der Waals surface area contributed by atoms with Gasteiger partial charge in [0.05, 0.1) is 11.1 Å². The molecule has 0 aromatic carbocycles. The number of hydrogen-bond acceptors (Lipinski definition) is 3. The number of aryl methyl sites for hydroxylation is 2. The number of fused-ring (bicyclic) bond motifs is 1. The molecule has 0 aliphatic heterocycles. The van der Waals surface area contributed by atoms with Gasteiger partial charge in [0.25, 0.3) is 0 Å². The third-order valence-electron chi connectivity index (χ3n) is 2.30. The molecule has 0 N–H and O–H groups in total. The van der Waals surface area contributed by atoms with E-state index in [9.17, 15) is 0 Å². The Kier molecular flexibility index (Phi) is 1.98. The number of hydrogen-bond donors (Lipinski definition) is 0. The van der Waals surface area contributed by atoms with Gasteiger partial charge in [-0.2, -0.15) is 5.10 Å². The van der Waals surface area contributed by atoms with E-state index < -0.39 is 0 Å². The fourth-order valence-corrected chi connectivity index (χ4v) is 1.49. The topological polar surface area (TPSA) is 43.6 Å². The van der Waals surface area contributed by atoms with E-state index in [1.807, 2.05) is 20.2 Å². The monoisotopic (exact) mass is 190 g/mol. The minimum absolute atomic E-state index is 0.356. The highest BCUT2D eigenvalue weighted by molar-refractivity contribution is 5.76. The standard InChI is InChI=1S/C10H14N4/c1-6(2)9-11-5-8-7(3)13-14(4)10(8)12-9/h5-6H,1-4H3. The maximum Gasteiger partial charge on any atom is 0.161 e. The van der Waals surface area contributed by atoms with Gasteiger partial charge in [-0.15, -0.1) is 0 Å². The van der Waals surface area contributed by atoms with E-state index >= 15 is 0 Å². The fraction of sp³-hybridized carbons (Fsp3) is 0.500. The van der Waals surface area contributed by atoms with Crippen LogP contribution in [0, 0.1) is 6.92 Å². The summed E-state index contributed by atoms with van der Waals surface area (Å²) < 4.78 is 1.80. The lowest BCUT2D eigenvalue weighted by Gasteiger charge is -2.02. The van der Waals surface area contributed by atoms with Crippen molar-refractivity contribution in [3.05, 3.63) is 17.7 Å². The first-order valence-electron chi connectivity index (χ1n) is 4.76. The molecule has 2 aromatic heterocycles. The molecule has 0 bridgehead atoms. The van der Waals surface area contributed by atoms with Crippen LogP contribution in [0.4, 0.5) is 0 Å². The highest BCUT2D eigenvalue weighted by atomic mass is 15.3. The third kappa shape index (κ3) is 1.27. The van der Waals surface area contributed by atoms with Crippen molar-refractivity contribution in [3.63, 3.8) is 0 Å². The van der Waals surface area contributed by atoms with Gasteiger partial charge in [-0.25, -0.2) is 9.97 Å². The molecule has 0 fully saturated rings. The largest absolute Gasteiger partial charge is 0.250 e. The Hall–Kier alpha value is -1.45. The zero-order valence-electron chi connectivity index (χ0n) is 8.94. The van der Waals surface area contributed by atoms with E-state index in [2.05, 4.69) is 28.9 Å². The second kappa shape index (κ2) is 3.04. The van der Waals surface area contributed by atoms with E-state index in [1.54, 1.807) is 4.68 Å². The van der Waals surface area contributed by atoms with E-state index in [4.69, 9.17) is 0 Å². The molecule has 2 aromatic rings. The quantitative estimate of drug-likeness (QED) is 0.688. The van der Waals surface area contributed by atoms with Crippen molar-refractivity contribution in [1.82, 2.24) is 19.7 Å². The molecule has 0 amide bonds. The predicted octanol–water partition coefficient (Wildman–Crippen LogP) is 1.80. The third-order valence-corrected chi connectivity index (χ3v) is 2.30. The number of nitrogens with zero attached hydrogens (tertiary/aromatic N) is 4. The summed E-state index contributed by atoms with van der Waals surface area (Å²) in [6, 6.07) is 0. The van der Waals surface area contributed by atoms with E-state index in [0.29, 0.717) is 5.92 Å². The van der Waals surface area contributed by atoms with Crippen molar-refractivity contribution >= 4 is 11.0 Å². The van der Waals surface area contributed by atoms with Crippen molar-refractivity contribution in [3.8, 4) is 0 Å². The Bertz CT molecular complexity index is 470. The predicted molar refractivity (Wildman–Crippen MR) is 55.1 cm³/mol. The van der Waals surface area contributed by atoms with Gasteiger partial charge < -0.3 is 0 Å². The van der Waals surface area contributed by atoms with Gasteiger partial charge >= 0.3 is 0 Å². The summed E-state index contributed by atoms with van der Waals surface area (Å²) in [7, 11) is 1.91. The van der Waals surface area contributed by atoms with E-state index in [-0.39, 0.29) is 0 Å². The second-order valence-corrected chi connectivity index (χ2v) is 3.83. The van der Waals surface area contributed by atoms with Crippen LogP contribution in [-0.2, 0) is 7.05 Å². The molecule has 2 heterocycles. The average Bonchev–Trinajstić information content (AvgIpc) is 2.42. The summed E-state index contributed by atoms with van der Waals surface area (Å²) in [4.78, 5) is 8.80. The molecule has 4 nitrogen and oxygen atoms in total. The van der Waals surface area contributed by atoms with Crippen molar-refractivity contribution < 1.29 is 0 Å². The number of aromatic nitrogens is 4. The summed E-state index contributed by atoms with van der Waals surface area (Å²) in [5, 5.41) is 5.34. The molecular weight excluding hydrogens is 176 g/mol. The van der Waals surface area contributed by atoms with Crippen LogP contribution in [0.3, 0.4) is 0 Å². The molecule has 0 radical (unpaired) electrons. The van der Waals surface area contributed by atoms with Crippen LogP contribution >= 0.6 is 0 Å². The van der Waals surface area contributed by atoms with Gasteiger partial charge in [-0.05, 0) is 6.92 Å². The Morgan fingerprint density at radius 1 is 1.36 bits per heavy atom. The Balaban J connectivity index is 2.71. The van der Waals surface area contributed by atoms with Gasteiger partial charge in [0.15, 0.2) is 5.65 Å². The minimum atomic E-state index is 0.356. The van der Waals surface area contributed by atoms with Crippen LogP contribution in [0.1, 0.15) is 31.3 Å². The highest BCUT2D eigenvalue weighted by Gasteiger charge is 2.09. The lowest BCUT2D eigenvalue weighted by Crippen LogP contribution is -1.99. The maximum absolute atomic E-state index is 4.48. The first-order chi connectivity index (χ1) is 6.59.